The molecule has 1 unspecified atom stereocenters. The molecular formula is C14H24N2OS2. The van der Waals surface area contributed by atoms with Gasteiger partial charge in [0.1, 0.15) is 0 Å². The van der Waals surface area contributed by atoms with Crippen LogP contribution in [0.5, 0.6) is 0 Å². The molecule has 0 saturated carbocycles. The number of thiazole rings is 1. The Labute approximate surface area is 124 Å². The van der Waals surface area contributed by atoms with Crippen molar-refractivity contribution < 1.29 is 4.79 Å². The van der Waals surface area contributed by atoms with Gasteiger partial charge in [-0.1, -0.05) is 26.7 Å². The van der Waals surface area contributed by atoms with Crippen LogP contribution in [0.3, 0.4) is 0 Å². The number of aromatic nitrogens is 1. The Morgan fingerprint density at radius 3 is 2.58 bits per heavy atom. The number of H-pyrrole nitrogens is 1. The van der Waals surface area contributed by atoms with Crippen molar-refractivity contribution in [3.05, 3.63) is 14.5 Å². The van der Waals surface area contributed by atoms with Crippen molar-refractivity contribution in [2.75, 3.05) is 0 Å². The summed E-state index contributed by atoms with van der Waals surface area (Å²) in [5.74, 6) is 0.822. The van der Waals surface area contributed by atoms with E-state index in [1.54, 1.807) is 0 Å². The average molecular weight is 300 g/mol. The average Bonchev–Trinajstić information content (AvgIpc) is 2.56. The number of rotatable bonds is 7. The minimum Gasteiger partial charge on any atom is -0.353 e. The van der Waals surface area contributed by atoms with Crippen LogP contribution in [0.2, 0.25) is 0 Å². The Morgan fingerprint density at radius 1 is 1.37 bits per heavy atom. The molecule has 0 saturated heterocycles. The normalized spacial score (nSPS) is 12.7. The molecule has 1 atom stereocenters. The quantitative estimate of drug-likeness (QED) is 0.748. The Bertz CT molecular complexity index is 462. The molecule has 108 valence electrons. The summed E-state index contributed by atoms with van der Waals surface area (Å²) < 4.78 is 0.741. The van der Waals surface area contributed by atoms with Gasteiger partial charge < -0.3 is 10.3 Å². The van der Waals surface area contributed by atoms with E-state index in [1.807, 2.05) is 6.92 Å². The third-order valence-electron chi connectivity index (χ3n) is 3.07. The molecule has 0 bridgehead atoms. The van der Waals surface area contributed by atoms with Crippen LogP contribution in [0.25, 0.3) is 0 Å². The predicted octanol–water partition coefficient (Wildman–Crippen LogP) is 3.99. The summed E-state index contributed by atoms with van der Waals surface area (Å²) in [5, 5.41) is 3.06. The molecule has 1 aromatic rings. The van der Waals surface area contributed by atoms with Crippen LogP contribution in [0, 0.1) is 16.8 Å². The van der Waals surface area contributed by atoms with E-state index in [-0.39, 0.29) is 11.9 Å². The maximum Gasteiger partial charge on any atom is 0.225 e. The van der Waals surface area contributed by atoms with Gasteiger partial charge in [0.2, 0.25) is 5.91 Å². The second kappa shape index (κ2) is 7.80. The van der Waals surface area contributed by atoms with Crippen LogP contribution < -0.4 is 5.32 Å². The summed E-state index contributed by atoms with van der Waals surface area (Å²) >= 11 is 6.56. The first-order valence-corrected chi connectivity index (χ1v) is 8.09. The Morgan fingerprint density at radius 2 is 2.05 bits per heavy atom. The van der Waals surface area contributed by atoms with Crippen molar-refractivity contribution in [3.63, 3.8) is 0 Å². The summed E-state index contributed by atoms with van der Waals surface area (Å²) in [4.78, 5) is 16.0. The number of aromatic amines is 1. The topological polar surface area (TPSA) is 44.9 Å². The van der Waals surface area contributed by atoms with Crippen molar-refractivity contribution in [1.82, 2.24) is 10.3 Å². The number of carbonyl (C=O) groups is 1. The summed E-state index contributed by atoms with van der Waals surface area (Å²) in [6.07, 6.45) is 3.86. The molecule has 1 rings (SSSR count). The molecule has 0 radical (unpaired) electrons. The highest BCUT2D eigenvalue weighted by atomic mass is 32.1. The van der Waals surface area contributed by atoms with Crippen LogP contribution in [0.4, 0.5) is 0 Å². The van der Waals surface area contributed by atoms with E-state index in [2.05, 4.69) is 31.1 Å². The van der Waals surface area contributed by atoms with E-state index in [1.165, 1.54) is 24.2 Å². The molecule has 2 N–H and O–H groups in total. The summed E-state index contributed by atoms with van der Waals surface area (Å²) in [5.41, 5.74) is 1.01. The maximum absolute atomic E-state index is 11.9. The van der Waals surface area contributed by atoms with Gasteiger partial charge in [-0.25, -0.2) is 0 Å². The van der Waals surface area contributed by atoms with Crippen molar-refractivity contribution >= 4 is 29.5 Å². The Hall–Kier alpha value is -0.680. The third kappa shape index (κ3) is 6.34. The zero-order valence-corrected chi connectivity index (χ0v) is 13.8. The van der Waals surface area contributed by atoms with Gasteiger partial charge in [-0.3, -0.25) is 4.79 Å². The summed E-state index contributed by atoms with van der Waals surface area (Å²) in [6.45, 7) is 8.49. The number of hydrogen-bond donors (Lipinski definition) is 2. The van der Waals surface area contributed by atoms with Gasteiger partial charge in [0, 0.05) is 16.6 Å². The van der Waals surface area contributed by atoms with Crippen LogP contribution in [0.1, 0.15) is 50.6 Å². The zero-order valence-electron chi connectivity index (χ0n) is 12.2. The standard InChI is InChI=1S/C14H24N2OS2/c1-9(2)6-5-7-10(3)15-13(17)8-12-11(4)16-14(18)19-12/h9-10H,5-8H2,1-4H3,(H,15,17)(H,16,18). The van der Waals surface area contributed by atoms with Crippen LogP contribution in [-0.2, 0) is 11.2 Å². The SMILES string of the molecule is Cc1[nH]c(=S)sc1CC(=O)NC(C)CCCC(C)C. The maximum atomic E-state index is 11.9. The first-order chi connectivity index (χ1) is 8.88. The highest BCUT2D eigenvalue weighted by Gasteiger charge is 2.11. The van der Waals surface area contributed by atoms with Crippen LogP contribution >= 0.6 is 23.6 Å². The molecule has 0 spiro atoms. The lowest BCUT2D eigenvalue weighted by atomic mass is 10.0. The molecule has 0 fully saturated rings. The highest BCUT2D eigenvalue weighted by Crippen LogP contribution is 2.15. The molecule has 1 aromatic heterocycles. The van der Waals surface area contributed by atoms with Gasteiger partial charge in [-0.2, -0.15) is 0 Å². The van der Waals surface area contributed by atoms with Crippen LogP contribution in [0.15, 0.2) is 0 Å². The lowest BCUT2D eigenvalue weighted by Gasteiger charge is -2.14. The fourth-order valence-corrected chi connectivity index (χ4v) is 3.27. The second-order valence-electron chi connectivity index (χ2n) is 5.53. The van der Waals surface area contributed by atoms with Crippen molar-refractivity contribution in [2.24, 2.45) is 5.92 Å². The first kappa shape index (κ1) is 16.4. The van der Waals surface area contributed by atoms with Gasteiger partial charge >= 0.3 is 0 Å². The molecule has 1 amide bonds. The van der Waals surface area contributed by atoms with Crippen LogP contribution in [-0.4, -0.2) is 16.9 Å². The molecular weight excluding hydrogens is 276 g/mol. The summed E-state index contributed by atoms with van der Waals surface area (Å²) in [7, 11) is 0. The number of aryl methyl sites for hydroxylation is 1. The van der Waals surface area contributed by atoms with E-state index >= 15 is 0 Å². The molecule has 3 nitrogen and oxygen atoms in total. The van der Waals surface area contributed by atoms with Crippen molar-refractivity contribution in [1.29, 1.82) is 0 Å². The molecule has 0 aliphatic carbocycles. The minimum atomic E-state index is 0.0883. The van der Waals surface area contributed by atoms with E-state index in [9.17, 15) is 4.79 Å². The molecule has 5 heteroatoms. The molecule has 0 aliphatic heterocycles. The lowest BCUT2D eigenvalue weighted by Crippen LogP contribution is -2.33. The monoisotopic (exact) mass is 300 g/mol. The van der Waals surface area contributed by atoms with Crippen molar-refractivity contribution in [2.45, 2.75) is 59.4 Å². The number of nitrogens with one attached hydrogen (secondary N) is 2. The minimum absolute atomic E-state index is 0.0883. The third-order valence-corrected chi connectivity index (χ3v) is 4.41. The molecule has 0 aliphatic rings. The van der Waals surface area contributed by atoms with Gasteiger partial charge in [0.15, 0.2) is 3.95 Å². The molecule has 19 heavy (non-hydrogen) atoms. The van der Waals surface area contributed by atoms with E-state index in [4.69, 9.17) is 12.2 Å². The zero-order chi connectivity index (χ0) is 14.4. The molecule has 0 aromatic carbocycles. The number of carbonyl (C=O) groups excluding carboxylic acids is 1. The predicted molar refractivity (Wildman–Crippen MR) is 84.2 cm³/mol. The van der Waals surface area contributed by atoms with E-state index in [0.29, 0.717) is 6.42 Å². The lowest BCUT2D eigenvalue weighted by molar-refractivity contribution is -0.121. The number of hydrogen-bond acceptors (Lipinski definition) is 3. The first-order valence-electron chi connectivity index (χ1n) is 6.86. The number of amides is 1. The Balaban J connectivity index is 2.34. The second-order valence-corrected chi connectivity index (χ2v) is 7.30. The largest absolute Gasteiger partial charge is 0.353 e. The summed E-state index contributed by atoms with van der Waals surface area (Å²) in [6, 6.07) is 0.249. The highest BCUT2D eigenvalue weighted by molar-refractivity contribution is 7.73. The molecule has 1 heterocycles. The van der Waals surface area contributed by atoms with E-state index < -0.39 is 0 Å². The van der Waals surface area contributed by atoms with Crippen molar-refractivity contribution in [3.8, 4) is 0 Å². The fraction of sp³-hybridized carbons (Fsp3) is 0.714. The Kier molecular flexibility index (Phi) is 6.72. The van der Waals surface area contributed by atoms with Gasteiger partial charge in [0.25, 0.3) is 0 Å². The smallest absolute Gasteiger partial charge is 0.225 e. The van der Waals surface area contributed by atoms with Gasteiger partial charge in [0.05, 0.1) is 6.42 Å². The fourth-order valence-electron chi connectivity index (χ4n) is 1.98. The van der Waals surface area contributed by atoms with Gasteiger partial charge in [-0.05, 0) is 38.4 Å². The van der Waals surface area contributed by atoms with E-state index in [0.717, 1.165) is 26.9 Å². The van der Waals surface area contributed by atoms with Gasteiger partial charge in [-0.15, -0.1) is 11.3 Å².